The lowest BCUT2D eigenvalue weighted by Crippen LogP contribution is -2.37. The van der Waals surface area contributed by atoms with Gasteiger partial charge in [0.2, 0.25) is 5.91 Å². The molecule has 5 nitrogen and oxygen atoms in total. The maximum absolute atomic E-state index is 12.1. The van der Waals surface area contributed by atoms with E-state index in [0.717, 1.165) is 17.5 Å². The first-order valence-electron chi connectivity index (χ1n) is 7.98. The molecule has 5 heteroatoms. The van der Waals surface area contributed by atoms with Crippen molar-refractivity contribution in [2.24, 2.45) is 0 Å². The Morgan fingerprint density at radius 3 is 2.17 bits per heavy atom. The quantitative estimate of drug-likeness (QED) is 0.782. The molecule has 0 saturated heterocycles. The summed E-state index contributed by atoms with van der Waals surface area (Å²) < 4.78 is 0. The van der Waals surface area contributed by atoms with Crippen LogP contribution in [0, 0.1) is 0 Å². The van der Waals surface area contributed by atoms with Crippen molar-refractivity contribution in [2.75, 3.05) is 25.0 Å². The number of carboxylic acids is 1. The molecule has 0 unspecified atom stereocenters. The molecule has 0 aliphatic carbocycles. The zero-order chi connectivity index (χ0) is 17.4. The average molecular weight is 326 g/mol. The highest BCUT2D eigenvalue weighted by Crippen LogP contribution is 2.20. The number of carbonyl (C=O) groups is 2. The second-order valence-electron chi connectivity index (χ2n) is 5.60. The standard InChI is InChI=1S/C19H22N2O3/c1-2-12-21(14-19(23)24)13-18(22)20-17-10-8-16(9-11-17)15-6-4-3-5-7-15/h3-11H,2,12-14H2,1H3,(H,20,22)(H,23,24). The maximum atomic E-state index is 12.1. The molecule has 0 spiro atoms. The summed E-state index contributed by atoms with van der Waals surface area (Å²) in [6.07, 6.45) is 0.798. The smallest absolute Gasteiger partial charge is 0.317 e. The van der Waals surface area contributed by atoms with Gasteiger partial charge in [0, 0.05) is 5.69 Å². The molecule has 2 N–H and O–H groups in total. The highest BCUT2D eigenvalue weighted by Gasteiger charge is 2.13. The molecule has 24 heavy (non-hydrogen) atoms. The number of nitrogens with zero attached hydrogens (tertiary/aromatic N) is 1. The molecule has 2 aromatic carbocycles. The Labute approximate surface area is 141 Å². The van der Waals surface area contributed by atoms with Gasteiger partial charge in [0.05, 0.1) is 13.1 Å². The van der Waals surface area contributed by atoms with Gasteiger partial charge in [0.25, 0.3) is 0 Å². The molecular formula is C19H22N2O3. The molecule has 0 bridgehead atoms. The van der Waals surface area contributed by atoms with Crippen LogP contribution in [0.2, 0.25) is 0 Å². The zero-order valence-corrected chi connectivity index (χ0v) is 13.7. The molecule has 0 fully saturated rings. The van der Waals surface area contributed by atoms with E-state index in [2.05, 4.69) is 5.32 Å². The summed E-state index contributed by atoms with van der Waals surface area (Å²) in [4.78, 5) is 24.5. The summed E-state index contributed by atoms with van der Waals surface area (Å²) in [7, 11) is 0. The van der Waals surface area contributed by atoms with E-state index in [0.29, 0.717) is 12.2 Å². The lowest BCUT2D eigenvalue weighted by Gasteiger charge is -2.18. The van der Waals surface area contributed by atoms with Gasteiger partial charge in [0.1, 0.15) is 0 Å². The molecule has 0 radical (unpaired) electrons. The van der Waals surface area contributed by atoms with E-state index in [4.69, 9.17) is 5.11 Å². The molecule has 0 aliphatic rings. The van der Waals surface area contributed by atoms with Crippen molar-refractivity contribution in [3.63, 3.8) is 0 Å². The van der Waals surface area contributed by atoms with Gasteiger partial charge in [-0.05, 0) is 36.2 Å². The van der Waals surface area contributed by atoms with Crippen molar-refractivity contribution in [1.29, 1.82) is 0 Å². The fraction of sp³-hybridized carbons (Fsp3) is 0.263. The Morgan fingerprint density at radius 1 is 0.958 bits per heavy atom. The Morgan fingerprint density at radius 2 is 1.58 bits per heavy atom. The number of amides is 1. The van der Waals surface area contributed by atoms with E-state index in [1.54, 1.807) is 4.90 Å². The van der Waals surface area contributed by atoms with Crippen molar-refractivity contribution >= 4 is 17.6 Å². The molecule has 0 heterocycles. The first-order valence-corrected chi connectivity index (χ1v) is 7.98. The van der Waals surface area contributed by atoms with Crippen LogP contribution >= 0.6 is 0 Å². The molecule has 126 valence electrons. The van der Waals surface area contributed by atoms with Crippen LogP contribution in [0.15, 0.2) is 54.6 Å². The van der Waals surface area contributed by atoms with Crippen molar-refractivity contribution in [1.82, 2.24) is 4.90 Å². The van der Waals surface area contributed by atoms with Gasteiger partial charge in [-0.1, -0.05) is 49.4 Å². The molecule has 0 atom stereocenters. The molecule has 2 rings (SSSR count). The van der Waals surface area contributed by atoms with Crippen molar-refractivity contribution in [3.05, 3.63) is 54.6 Å². The largest absolute Gasteiger partial charge is 0.480 e. The van der Waals surface area contributed by atoms with Crippen LogP contribution in [0.3, 0.4) is 0 Å². The van der Waals surface area contributed by atoms with E-state index in [-0.39, 0.29) is 19.0 Å². The van der Waals surface area contributed by atoms with Gasteiger partial charge < -0.3 is 10.4 Å². The zero-order valence-electron chi connectivity index (χ0n) is 13.7. The van der Waals surface area contributed by atoms with Crippen LogP contribution in [0.25, 0.3) is 11.1 Å². The monoisotopic (exact) mass is 326 g/mol. The molecule has 0 aromatic heterocycles. The third-order valence-corrected chi connectivity index (χ3v) is 3.54. The third kappa shape index (κ3) is 5.52. The lowest BCUT2D eigenvalue weighted by atomic mass is 10.1. The minimum absolute atomic E-state index is 0.0700. The number of carbonyl (C=O) groups excluding carboxylic acids is 1. The fourth-order valence-electron chi connectivity index (χ4n) is 2.50. The van der Waals surface area contributed by atoms with Crippen molar-refractivity contribution in [3.8, 4) is 11.1 Å². The number of carboxylic acid groups (broad SMARTS) is 1. The minimum atomic E-state index is -0.927. The number of rotatable bonds is 8. The van der Waals surface area contributed by atoms with Crippen molar-refractivity contribution in [2.45, 2.75) is 13.3 Å². The summed E-state index contributed by atoms with van der Waals surface area (Å²) in [6.45, 7) is 2.47. The van der Waals surface area contributed by atoms with E-state index in [9.17, 15) is 9.59 Å². The number of nitrogens with one attached hydrogen (secondary N) is 1. The highest BCUT2D eigenvalue weighted by atomic mass is 16.4. The SMILES string of the molecule is CCCN(CC(=O)O)CC(=O)Nc1ccc(-c2ccccc2)cc1. The topological polar surface area (TPSA) is 69.6 Å². The van der Waals surface area contributed by atoms with Gasteiger partial charge >= 0.3 is 5.97 Å². The molecule has 0 aliphatic heterocycles. The van der Waals surface area contributed by atoms with E-state index in [1.165, 1.54) is 0 Å². The summed E-state index contributed by atoms with van der Waals surface area (Å²) in [6, 6.07) is 17.6. The van der Waals surface area contributed by atoms with Crippen LogP contribution in [-0.2, 0) is 9.59 Å². The fourth-order valence-corrected chi connectivity index (χ4v) is 2.50. The third-order valence-electron chi connectivity index (χ3n) is 3.54. The summed E-state index contributed by atoms with van der Waals surface area (Å²) in [5.41, 5.74) is 2.89. The average Bonchev–Trinajstić information content (AvgIpc) is 2.56. The van der Waals surface area contributed by atoms with Crippen LogP contribution < -0.4 is 5.32 Å². The van der Waals surface area contributed by atoms with Crippen LogP contribution in [-0.4, -0.2) is 41.5 Å². The highest BCUT2D eigenvalue weighted by molar-refractivity contribution is 5.92. The van der Waals surface area contributed by atoms with Crippen molar-refractivity contribution < 1.29 is 14.7 Å². The number of anilines is 1. The maximum Gasteiger partial charge on any atom is 0.317 e. The summed E-state index contributed by atoms with van der Waals surface area (Å²) in [5, 5.41) is 11.7. The first kappa shape index (κ1) is 17.7. The predicted octanol–water partition coefficient (Wildman–Crippen LogP) is 3.09. The van der Waals surface area contributed by atoms with Crippen LogP contribution in [0.5, 0.6) is 0 Å². The molecule has 1 amide bonds. The summed E-state index contributed by atoms with van der Waals surface area (Å²) >= 11 is 0. The second kappa shape index (κ2) is 8.84. The van der Waals surface area contributed by atoms with E-state index < -0.39 is 5.97 Å². The van der Waals surface area contributed by atoms with E-state index in [1.807, 2.05) is 61.5 Å². The van der Waals surface area contributed by atoms with Gasteiger partial charge in [-0.15, -0.1) is 0 Å². The van der Waals surface area contributed by atoms with Gasteiger partial charge in [-0.25, -0.2) is 0 Å². The number of aliphatic carboxylic acids is 1. The normalized spacial score (nSPS) is 10.6. The number of hydrogen-bond acceptors (Lipinski definition) is 3. The van der Waals surface area contributed by atoms with Gasteiger partial charge in [-0.2, -0.15) is 0 Å². The molecule has 0 saturated carbocycles. The van der Waals surface area contributed by atoms with Crippen LogP contribution in [0.1, 0.15) is 13.3 Å². The first-order chi connectivity index (χ1) is 11.6. The predicted molar refractivity (Wildman–Crippen MR) is 94.9 cm³/mol. The minimum Gasteiger partial charge on any atom is -0.480 e. The van der Waals surface area contributed by atoms with Crippen LogP contribution in [0.4, 0.5) is 5.69 Å². The van der Waals surface area contributed by atoms with Gasteiger partial charge in [-0.3, -0.25) is 14.5 Å². The Kier molecular flexibility index (Phi) is 6.51. The molecule has 2 aromatic rings. The summed E-state index contributed by atoms with van der Waals surface area (Å²) in [5.74, 6) is -1.14. The van der Waals surface area contributed by atoms with Gasteiger partial charge in [0.15, 0.2) is 0 Å². The lowest BCUT2D eigenvalue weighted by molar-refractivity contribution is -0.138. The Bertz CT molecular complexity index is 669. The Hall–Kier alpha value is -2.66. The number of hydrogen-bond donors (Lipinski definition) is 2. The number of benzene rings is 2. The molecular weight excluding hydrogens is 304 g/mol. The Balaban J connectivity index is 1.95. The second-order valence-corrected chi connectivity index (χ2v) is 5.60. The van der Waals surface area contributed by atoms with E-state index >= 15 is 0 Å².